The Morgan fingerprint density at radius 3 is 2.37 bits per heavy atom. The van der Waals surface area contributed by atoms with Gasteiger partial charge in [0.25, 0.3) is 0 Å². The molecule has 1 aromatic rings. The third kappa shape index (κ3) is 3.28. The molecule has 0 saturated heterocycles. The van der Waals surface area contributed by atoms with E-state index in [0.29, 0.717) is 5.75 Å². The Kier molecular flexibility index (Phi) is 4.83. The third-order valence-corrected chi connectivity index (χ3v) is 4.39. The van der Waals surface area contributed by atoms with Crippen LogP contribution in [0.5, 0.6) is 5.75 Å². The number of aromatic hydroxyl groups is 1. The second-order valence-electron chi connectivity index (χ2n) is 5.72. The molecule has 106 valence electrons. The van der Waals surface area contributed by atoms with Crippen molar-refractivity contribution in [3.63, 3.8) is 0 Å². The van der Waals surface area contributed by atoms with Gasteiger partial charge in [-0.15, -0.1) is 0 Å². The molecule has 0 aliphatic heterocycles. The summed E-state index contributed by atoms with van der Waals surface area (Å²) < 4.78 is 0. The van der Waals surface area contributed by atoms with Crippen LogP contribution in [0.25, 0.3) is 0 Å². The van der Waals surface area contributed by atoms with Crippen LogP contribution in [0, 0.1) is 0 Å². The van der Waals surface area contributed by atoms with Gasteiger partial charge in [-0.05, 0) is 43.5 Å². The van der Waals surface area contributed by atoms with Crippen LogP contribution in [0.2, 0.25) is 0 Å². The van der Waals surface area contributed by atoms with Gasteiger partial charge in [-0.2, -0.15) is 0 Å². The zero-order valence-electron chi connectivity index (χ0n) is 11.9. The Morgan fingerprint density at radius 2 is 1.84 bits per heavy atom. The van der Waals surface area contributed by atoms with Crippen LogP contribution in [-0.2, 0) is 6.54 Å². The Bertz CT molecular complexity index is 382. The Labute approximate surface area is 116 Å². The standard InChI is InChI=1S/C16H26N2O/c1-2-11-18(16(13-17)9-3-4-10-16)12-14-5-7-15(19)8-6-14/h5-8,19H,2-4,9-13,17H2,1H3. The lowest BCUT2D eigenvalue weighted by atomic mass is 9.94. The largest absolute Gasteiger partial charge is 0.508 e. The molecule has 0 spiro atoms. The summed E-state index contributed by atoms with van der Waals surface area (Å²) in [5, 5.41) is 9.37. The van der Waals surface area contributed by atoms with Gasteiger partial charge in [0, 0.05) is 18.6 Å². The van der Waals surface area contributed by atoms with Gasteiger partial charge >= 0.3 is 0 Å². The number of benzene rings is 1. The average molecular weight is 262 g/mol. The molecule has 1 aromatic carbocycles. The number of nitrogens with zero attached hydrogens (tertiary/aromatic N) is 1. The molecular formula is C16H26N2O. The highest BCUT2D eigenvalue weighted by Crippen LogP contribution is 2.35. The van der Waals surface area contributed by atoms with Gasteiger partial charge in [-0.25, -0.2) is 0 Å². The molecule has 1 saturated carbocycles. The summed E-state index contributed by atoms with van der Waals surface area (Å²) in [4.78, 5) is 2.56. The molecule has 0 unspecified atom stereocenters. The molecule has 1 fully saturated rings. The van der Waals surface area contributed by atoms with Crippen LogP contribution in [0.3, 0.4) is 0 Å². The zero-order chi connectivity index (χ0) is 13.7. The molecule has 3 N–H and O–H groups in total. The van der Waals surface area contributed by atoms with Crippen LogP contribution in [0.4, 0.5) is 0 Å². The lowest BCUT2D eigenvalue weighted by Crippen LogP contribution is -2.51. The van der Waals surface area contributed by atoms with Crippen molar-refractivity contribution in [2.45, 2.75) is 51.1 Å². The molecule has 0 bridgehead atoms. The fraction of sp³-hybridized carbons (Fsp3) is 0.625. The summed E-state index contributed by atoms with van der Waals surface area (Å²) >= 11 is 0. The van der Waals surface area contributed by atoms with E-state index in [0.717, 1.165) is 26.1 Å². The van der Waals surface area contributed by atoms with Crippen molar-refractivity contribution in [3.05, 3.63) is 29.8 Å². The van der Waals surface area contributed by atoms with Crippen molar-refractivity contribution >= 4 is 0 Å². The molecular weight excluding hydrogens is 236 g/mol. The first-order chi connectivity index (χ1) is 9.20. The van der Waals surface area contributed by atoms with E-state index in [4.69, 9.17) is 5.73 Å². The minimum Gasteiger partial charge on any atom is -0.508 e. The summed E-state index contributed by atoms with van der Waals surface area (Å²) in [6.45, 7) is 5.01. The molecule has 3 nitrogen and oxygen atoms in total. The molecule has 0 heterocycles. The van der Waals surface area contributed by atoms with Gasteiger partial charge in [0.1, 0.15) is 5.75 Å². The lowest BCUT2D eigenvalue weighted by Gasteiger charge is -2.41. The van der Waals surface area contributed by atoms with Crippen molar-refractivity contribution < 1.29 is 5.11 Å². The first-order valence-electron chi connectivity index (χ1n) is 7.43. The number of phenolic OH excluding ortho intramolecular Hbond substituents is 1. The van der Waals surface area contributed by atoms with Crippen LogP contribution in [0.15, 0.2) is 24.3 Å². The summed E-state index contributed by atoms with van der Waals surface area (Å²) in [7, 11) is 0. The van der Waals surface area contributed by atoms with E-state index in [-0.39, 0.29) is 5.54 Å². The van der Waals surface area contributed by atoms with Gasteiger partial charge in [0.2, 0.25) is 0 Å². The SMILES string of the molecule is CCCN(Cc1ccc(O)cc1)C1(CN)CCCC1. The van der Waals surface area contributed by atoms with Crippen molar-refractivity contribution in [1.29, 1.82) is 0 Å². The van der Waals surface area contributed by atoms with Gasteiger partial charge in [-0.3, -0.25) is 4.90 Å². The first kappa shape index (κ1) is 14.4. The monoisotopic (exact) mass is 262 g/mol. The van der Waals surface area contributed by atoms with Crippen molar-refractivity contribution in [3.8, 4) is 5.75 Å². The second-order valence-corrected chi connectivity index (χ2v) is 5.72. The van der Waals surface area contributed by atoms with Crippen LogP contribution in [0.1, 0.15) is 44.6 Å². The quantitative estimate of drug-likeness (QED) is 0.829. The van der Waals surface area contributed by atoms with Gasteiger partial charge < -0.3 is 10.8 Å². The number of nitrogens with two attached hydrogens (primary N) is 1. The van der Waals surface area contributed by atoms with Crippen molar-refractivity contribution in [2.75, 3.05) is 13.1 Å². The zero-order valence-corrected chi connectivity index (χ0v) is 11.9. The molecule has 0 amide bonds. The van der Waals surface area contributed by atoms with E-state index in [2.05, 4.69) is 11.8 Å². The van der Waals surface area contributed by atoms with Crippen molar-refractivity contribution in [1.82, 2.24) is 4.90 Å². The van der Waals surface area contributed by atoms with Crippen molar-refractivity contribution in [2.24, 2.45) is 5.73 Å². The molecule has 3 heteroatoms. The maximum atomic E-state index is 9.37. The summed E-state index contributed by atoms with van der Waals surface area (Å²) in [6, 6.07) is 7.56. The van der Waals surface area contributed by atoms with Gasteiger partial charge in [0.15, 0.2) is 0 Å². The molecule has 2 rings (SSSR count). The minimum absolute atomic E-state index is 0.202. The van der Waals surface area contributed by atoms with Crippen LogP contribution in [-0.4, -0.2) is 28.6 Å². The predicted octanol–water partition coefficient (Wildman–Crippen LogP) is 2.88. The van der Waals surface area contributed by atoms with Crippen LogP contribution < -0.4 is 5.73 Å². The fourth-order valence-electron chi connectivity index (χ4n) is 3.26. The highest BCUT2D eigenvalue weighted by atomic mass is 16.3. The smallest absolute Gasteiger partial charge is 0.115 e. The van der Waals surface area contributed by atoms with E-state index < -0.39 is 0 Å². The maximum absolute atomic E-state index is 9.37. The molecule has 1 aliphatic rings. The third-order valence-electron chi connectivity index (χ3n) is 4.39. The number of rotatable bonds is 6. The van der Waals surface area contributed by atoms with Gasteiger partial charge in [0.05, 0.1) is 0 Å². The Morgan fingerprint density at radius 1 is 1.21 bits per heavy atom. The Balaban J connectivity index is 2.13. The highest BCUT2D eigenvalue weighted by Gasteiger charge is 2.37. The summed E-state index contributed by atoms with van der Waals surface area (Å²) in [5.74, 6) is 0.334. The number of phenols is 1. The minimum atomic E-state index is 0.202. The topological polar surface area (TPSA) is 49.5 Å². The van der Waals surface area contributed by atoms with Crippen LogP contribution >= 0.6 is 0 Å². The normalized spacial score (nSPS) is 18.1. The average Bonchev–Trinajstić information content (AvgIpc) is 2.91. The molecule has 0 radical (unpaired) electrons. The van der Waals surface area contributed by atoms with E-state index in [1.54, 1.807) is 12.1 Å². The summed E-state index contributed by atoms with van der Waals surface area (Å²) in [5.41, 5.74) is 7.55. The van der Waals surface area contributed by atoms with E-state index in [1.165, 1.54) is 31.2 Å². The predicted molar refractivity (Wildman–Crippen MR) is 79.1 cm³/mol. The first-order valence-corrected chi connectivity index (χ1v) is 7.43. The highest BCUT2D eigenvalue weighted by molar-refractivity contribution is 5.26. The molecule has 0 atom stereocenters. The second kappa shape index (κ2) is 6.40. The van der Waals surface area contributed by atoms with E-state index >= 15 is 0 Å². The molecule has 1 aliphatic carbocycles. The van der Waals surface area contributed by atoms with E-state index in [9.17, 15) is 5.11 Å². The summed E-state index contributed by atoms with van der Waals surface area (Å²) in [6.07, 6.45) is 6.20. The number of hydrogen-bond donors (Lipinski definition) is 2. The lowest BCUT2D eigenvalue weighted by molar-refractivity contribution is 0.0904. The van der Waals surface area contributed by atoms with Gasteiger partial charge in [-0.1, -0.05) is 31.9 Å². The fourth-order valence-corrected chi connectivity index (χ4v) is 3.26. The Hall–Kier alpha value is -1.06. The molecule has 0 aromatic heterocycles. The molecule has 19 heavy (non-hydrogen) atoms. The van der Waals surface area contributed by atoms with E-state index in [1.807, 2.05) is 12.1 Å². The number of hydrogen-bond acceptors (Lipinski definition) is 3. The maximum Gasteiger partial charge on any atom is 0.115 e.